The van der Waals surface area contributed by atoms with Crippen LogP contribution in [0.4, 0.5) is 4.79 Å². The molecule has 134 valence electrons. The number of aliphatic carboxylic acids is 1. The van der Waals surface area contributed by atoms with Crippen LogP contribution in [0.25, 0.3) is 11.1 Å². The highest BCUT2D eigenvalue weighted by Crippen LogP contribution is 2.44. The molecule has 1 N–H and O–H groups in total. The molecule has 2 aliphatic rings. The molecule has 1 fully saturated rings. The van der Waals surface area contributed by atoms with Crippen molar-refractivity contribution in [3.63, 3.8) is 0 Å². The van der Waals surface area contributed by atoms with Crippen LogP contribution in [0.2, 0.25) is 0 Å². The van der Waals surface area contributed by atoms with Gasteiger partial charge in [0.15, 0.2) is 5.37 Å². The monoisotopic (exact) mass is 369 g/mol. The lowest BCUT2D eigenvalue weighted by atomic mass is 9.98. The van der Waals surface area contributed by atoms with E-state index in [9.17, 15) is 14.7 Å². The third-order valence-corrected chi connectivity index (χ3v) is 6.18. The van der Waals surface area contributed by atoms with E-state index in [0.717, 1.165) is 23.3 Å². The lowest BCUT2D eigenvalue weighted by Gasteiger charge is -2.31. The van der Waals surface area contributed by atoms with Gasteiger partial charge in [-0.3, -0.25) is 4.90 Å². The fourth-order valence-electron chi connectivity index (χ4n) is 3.71. The fraction of sp³-hybridized carbons (Fsp3) is 0.300. The van der Waals surface area contributed by atoms with Crippen LogP contribution in [0.15, 0.2) is 48.5 Å². The molecular formula is C20H19NO4S. The lowest BCUT2D eigenvalue weighted by molar-refractivity contribution is -0.139. The van der Waals surface area contributed by atoms with E-state index in [1.807, 2.05) is 24.3 Å². The van der Waals surface area contributed by atoms with Crippen molar-refractivity contribution in [2.75, 3.05) is 18.9 Å². The van der Waals surface area contributed by atoms with Gasteiger partial charge in [0.05, 0.1) is 0 Å². The predicted octanol–water partition coefficient (Wildman–Crippen LogP) is 3.79. The Balaban J connectivity index is 1.53. The summed E-state index contributed by atoms with van der Waals surface area (Å²) in [5, 5.41) is 8.47. The van der Waals surface area contributed by atoms with Gasteiger partial charge in [-0.2, -0.15) is 0 Å². The number of thioether (sulfide) groups is 1. The molecule has 1 amide bonds. The number of carbonyl (C=O) groups is 2. The van der Waals surface area contributed by atoms with Crippen LogP contribution in [-0.2, 0) is 9.53 Å². The first-order valence-electron chi connectivity index (χ1n) is 8.63. The summed E-state index contributed by atoms with van der Waals surface area (Å²) in [6.45, 7) is 0.626. The molecule has 1 aliphatic carbocycles. The van der Waals surface area contributed by atoms with Crippen LogP contribution in [0.1, 0.15) is 23.5 Å². The van der Waals surface area contributed by atoms with Crippen LogP contribution >= 0.6 is 11.8 Å². The standard InChI is InChI=1S/C20H19NO4S/c22-19(23)18-21(10-5-11-26-18)20(24)25-12-17-15-8-3-1-6-13(15)14-7-2-4-9-16(14)17/h1-4,6-9,17-18H,5,10-12H2,(H,22,23). The number of rotatable bonds is 3. The summed E-state index contributed by atoms with van der Waals surface area (Å²) in [5.74, 6) is -0.278. The molecule has 2 aromatic rings. The first-order chi connectivity index (χ1) is 12.7. The van der Waals surface area contributed by atoms with E-state index in [1.165, 1.54) is 27.8 Å². The molecule has 1 unspecified atom stereocenters. The normalized spacial score (nSPS) is 18.9. The quantitative estimate of drug-likeness (QED) is 0.892. The minimum atomic E-state index is -0.997. The second kappa shape index (κ2) is 7.03. The zero-order valence-corrected chi connectivity index (χ0v) is 14.9. The van der Waals surface area contributed by atoms with Gasteiger partial charge in [0, 0.05) is 12.5 Å². The van der Waals surface area contributed by atoms with Gasteiger partial charge in [-0.05, 0) is 34.4 Å². The van der Waals surface area contributed by atoms with Crippen LogP contribution in [-0.4, -0.2) is 46.3 Å². The molecule has 1 aliphatic heterocycles. The highest BCUT2D eigenvalue weighted by atomic mass is 32.2. The molecule has 0 bridgehead atoms. The zero-order chi connectivity index (χ0) is 18.1. The van der Waals surface area contributed by atoms with Crippen LogP contribution < -0.4 is 0 Å². The van der Waals surface area contributed by atoms with Crippen molar-refractivity contribution in [1.82, 2.24) is 4.90 Å². The number of benzene rings is 2. The number of carboxylic acids is 1. The van der Waals surface area contributed by atoms with Gasteiger partial charge < -0.3 is 9.84 Å². The van der Waals surface area contributed by atoms with E-state index in [2.05, 4.69) is 24.3 Å². The Hall–Kier alpha value is -2.47. The average molecular weight is 369 g/mol. The minimum absolute atomic E-state index is 0.0212. The topological polar surface area (TPSA) is 66.8 Å². The Morgan fingerprint density at radius 1 is 1.08 bits per heavy atom. The summed E-state index contributed by atoms with van der Waals surface area (Å²) in [5.41, 5.74) is 4.62. The number of nitrogens with zero attached hydrogens (tertiary/aromatic N) is 1. The molecule has 0 aromatic heterocycles. The Morgan fingerprint density at radius 3 is 2.31 bits per heavy atom. The maximum absolute atomic E-state index is 12.5. The molecule has 1 atom stereocenters. The smallest absolute Gasteiger partial charge is 0.411 e. The van der Waals surface area contributed by atoms with Gasteiger partial charge in [-0.15, -0.1) is 11.8 Å². The van der Waals surface area contributed by atoms with E-state index >= 15 is 0 Å². The Morgan fingerprint density at radius 2 is 1.69 bits per heavy atom. The summed E-state index contributed by atoms with van der Waals surface area (Å²) < 4.78 is 5.57. The van der Waals surface area contributed by atoms with Gasteiger partial charge in [0.2, 0.25) is 0 Å². The molecule has 0 spiro atoms. The van der Waals surface area contributed by atoms with Crippen molar-refractivity contribution < 1.29 is 19.4 Å². The predicted molar refractivity (Wildman–Crippen MR) is 100 cm³/mol. The van der Waals surface area contributed by atoms with Crippen molar-refractivity contribution >= 4 is 23.8 Å². The number of hydrogen-bond donors (Lipinski definition) is 1. The molecule has 1 heterocycles. The molecule has 4 rings (SSSR count). The number of fused-ring (bicyclic) bond motifs is 3. The highest BCUT2D eigenvalue weighted by molar-refractivity contribution is 8.00. The second-order valence-electron chi connectivity index (χ2n) is 6.41. The van der Waals surface area contributed by atoms with Crippen LogP contribution in [0.5, 0.6) is 0 Å². The molecular weight excluding hydrogens is 350 g/mol. The van der Waals surface area contributed by atoms with Gasteiger partial charge in [-0.1, -0.05) is 48.5 Å². The third kappa shape index (κ3) is 2.94. The van der Waals surface area contributed by atoms with Crippen molar-refractivity contribution in [3.05, 3.63) is 59.7 Å². The summed E-state index contributed by atoms with van der Waals surface area (Å²) in [4.78, 5) is 25.2. The van der Waals surface area contributed by atoms with Gasteiger partial charge in [-0.25, -0.2) is 9.59 Å². The van der Waals surface area contributed by atoms with Crippen molar-refractivity contribution in [2.45, 2.75) is 17.7 Å². The highest BCUT2D eigenvalue weighted by Gasteiger charge is 2.35. The van der Waals surface area contributed by atoms with Gasteiger partial charge >= 0.3 is 12.1 Å². The molecule has 0 saturated carbocycles. The Kier molecular flexibility index (Phi) is 4.59. The number of ether oxygens (including phenoxy) is 1. The van der Waals surface area contributed by atoms with E-state index in [4.69, 9.17) is 4.74 Å². The van der Waals surface area contributed by atoms with Gasteiger partial charge in [0.25, 0.3) is 0 Å². The molecule has 0 radical (unpaired) electrons. The van der Waals surface area contributed by atoms with E-state index in [1.54, 1.807) is 0 Å². The fourth-order valence-corrected chi connectivity index (χ4v) is 4.74. The molecule has 5 nitrogen and oxygen atoms in total. The average Bonchev–Trinajstić information content (AvgIpc) is 3.00. The van der Waals surface area contributed by atoms with Crippen molar-refractivity contribution in [3.8, 4) is 11.1 Å². The number of carboxylic acid groups (broad SMARTS) is 1. The minimum Gasteiger partial charge on any atom is -0.479 e. The summed E-state index contributed by atoms with van der Waals surface area (Å²) >= 11 is 1.27. The first kappa shape index (κ1) is 17.0. The Labute approximate surface area is 156 Å². The molecule has 1 saturated heterocycles. The molecule has 2 aromatic carbocycles. The number of hydrogen-bond acceptors (Lipinski definition) is 4. The molecule has 26 heavy (non-hydrogen) atoms. The van der Waals surface area contributed by atoms with Crippen LogP contribution in [0.3, 0.4) is 0 Å². The lowest BCUT2D eigenvalue weighted by Crippen LogP contribution is -2.46. The third-order valence-electron chi connectivity index (χ3n) is 4.88. The molecule has 6 heteroatoms. The van der Waals surface area contributed by atoms with Crippen LogP contribution in [0, 0.1) is 0 Å². The number of carbonyl (C=O) groups excluding carboxylic acids is 1. The largest absolute Gasteiger partial charge is 0.479 e. The summed E-state index contributed by atoms with van der Waals surface area (Å²) in [7, 11) is 0. The van der Waals surface area contributed by atoms with Gasteiger partial charge in [0.1, 0.15) is 6.61 Å². The van der Waals surface area contributed by atoms with E-state index < -0.39 is 17.4 Å². The second-order valence-corrected chi connectivity index (χ2v) is 7.60. The number of amides is 1. The zero-order valence-electron chi connectivity index (χ0n) is 14.1. The SMILES string of the molecule is O=C(O)C1SCCCN1C(=O)OCC1c2ccccc2-c2ccccc21. The van der Waals surface area contributed by atoms with E-state index in [0.29, 0.717) is 6.54 Å². The maximum atomic E-state index is 12.5. The first-order valence-corrected chi connectivity index (χ1v) is 9.67. The van der Waals surface area contributed by atoms with E-state index in [-0.39, 0.29) is 12.5 Å². The van der Waals surface area contributed by atoms with Crippen molar-refractivity contribution in [1.29, 1.82) is 0 Å². The summed E-state index contributed by atoms with van der Waals surface area (Å²) in [6.07, 6.45) is 0.227. The Bertz CT molecular complexity index is 808. The van der Waals surface area contributed by atoms with Crippen molar-refractivity contribution in [2.24, 2.45) is 0 Å². The maximum Gasteiger partial charge on any atom is 0.411 e. The summed E-state index contributed by atoms with van der Waals surface area (Å²) in [6, 6.07) is 16.3.